The smallest absolute Gasteiger partial charge is 0.238 e. The Bertz CT molecular complexity index is 867. The van der Waals surface area contributed by atoms with Gasteiger partial charge in [-0.3, -0.25) is 9.69 Å². The fourth-order valence-corrected chi connectivity index (χ4v) is 4.28. The zero-order valence-corrected chi connectivity index (χ0v) is 20.2. The minimum absolute atomic E-state index is 0.0443. The van der Waals surface area contributed by atoms with Gasteiger partial charge in [0.25, 0.3) is 0 Å². The lowest BCUT2D eigenvalue weighted by atomic mass is 9.90. The number of carbonyl (C=O) groups excluding carboxylic acids is 1. The summed E-state index contributed by atoms with van der Waals surface area (Å²) in [5, 5.41) is 2.95. The summed E-state index contributed by atoms with van der Waals surface area (Å²) in [6, 6.07) is 11.9. The summed E-state index contributed by atoms with van der Waals surface area (Å²) in [7, 11) is 4.67. The largest absolute Gasteiger partial charge is 0.494 e. The number of nitrogens with one attached hydrogen (secondary N) is 1. The van der Waals surface area contributed by atoms with Crippen LogP contribution in [0.1, 0.15) is 31.7 Å². The van der Waals surface area contributed by atoms with Crippen LogP contribution in [-0.4, -0.2) is 58.4 Å². The lowest BCUT2D eigenvalue weighted by molar-refractivity contribution is -0.117. The van der Waals surface area contributed by atoms with E-state index in [1.54, 1.807) is 33.5 Å². The molecule has 0 spiro atoms. The average Bonchev–Trinajstić information content (AvgIpc) is 2.84. The quantitative estimate of drug-likeness (QED) is 0.541. The van der Waals surface area contributed by atoms with Gasteiger partial charge in [0, 0.05) is 17.8 Å². The predicted octanol–water partition coefficient (Wildman–Crippen LogP) is 4.39. The first-order chi connectivity index (χ1) is 16.1. The molecular formula is C26H36N2O5. The van der Waals surface area contributed by atoms with Crippen molar-refractivity contribution in [1.82, 2.24) is 4.90 Å². The standard InChI is InChI=1S/C26H36N2O5/c1-5-33-22-10-8-19(9-11-22)6-7-20-12-14-28(15-13-20)18-25(29)27-21-16-23(30-2)26(32-4)24(17-21)31-3/h8-11,16-17,20H,5-7,12-15,18H2,1-4H3,(H,27,29). The monoisotopic (exact) mass is 456 g/mol. The van der Waals surface area contributed by atoms with Crippen LogP contribution < -0.4 is 24.3 Å². The van der Waals surface area contributed by atoms with E-state index in [0.29, 0.717) is 42.0 Å². The summed E-state index contributed by atoms with van der Waals surface area (Å²) < 4.78 is 21.6. The maximum atomic E-state index is 12.6. The van der Waals surface area contributed by atoms with E-state index in [0.717, 1.165) is 38.1 Å². The second kappa shape index (κ2) is 12.3. The van der Waals surface area contributed by atoms with Crippen LogP contribution in [0.5, 0.6) is 23.0 Å². The molecule has 2 aromatic rings. The molecule has 1 saturated heterocycles. The fourth-order valence-electron chi connectivity index (χ4n) is 4.28. The maximum absolute atomic E-state index is 12.6. The minimum Gasteiger partial charge on any atom is -0.494 e. The van der Waals surface area contributed by atoms with Gasteiger partial charge in [-0.2, -0.15) is 0 Å². The number of piperidine rings is 1. The van der Waals surface area contributed by atoms with Gasteiger partial charge in [-0.25, -0.2) is 0 Å². The van der Waals surface area contributed by atoms with Crippen LogP contribution in [-0.2, 0) is 11.2 Å². The molecule has 180 valence electrons. The second-order valence-corrected chi connectivity index (χ2v) is 8.30. The first-order valence-electron chi connectivity index (χ1n) is 11.6. The highest BCUT2D eigenvalue weighted by Crippen LogP contribution is 2.39. The number of amides is 1. The average molecular weight is 457 g/mol. The molecule has 33 heavy (non-hydrogen) atoms. The molecule has 0 unspecified atom stereocenters. The van der Waals surface area contributed by atoms with Crippen LogP contribution in [0.2, 0.25) is 0 Å². The zero-order valence-electron chi connectivity index (χ0n) is 20.2. The molecule has 1 aliphatic heterocycles. The van der Waals surface area contributed by atoms with Crippen molar-refractivity contribution >= 4 is 11.6 Å². The van der Waals surface area contributed by atoms with Gasteiger partial charge < -0.3 is 24.3 Å². The van der Waals surface area contributed by atoms with E-state index in [9.17, 15) is 4.79 Å². The number of hydrogen-bond donors (Lipinski definition) is 1. The molecule has 0 saturated carbocycles. The van der Waals surface area contributed by atoms with Crippen molar-refractivity contribution in [3.63, 3.8) is 0 Å². The van der Waals surface area contributed by atoms with Crippen molar-refractivity contribution in [2.75, 3.05) is 52.9 Å². The van der Waals surface area contributed by atoms with Crippen molar-refractivity contribution in [1.29, 1.82) is 0 Å². The van der Waals surface area contributed by atoms with Gasteiger partial charge in [0.1, 0.15) is 5.75 Å². The molecule has 7 heteroatoms. The topological polar surface area (TPSA) is 69.3 Å². The lowest BCUT2D eigenvalue weighted by Crippen LogP contribution is -2.39. The Labute approximate surface area is 197 Å². The number of nitrogens with zero attached hydrogens (tertiary/aromatic N) is 1. The Kier molecular flexibility index (Phi) is 9.24. The fraction of sp³-hybridized carbons (Fsp3) is 0.500. The molecule has 0 radical (unpaired) electrons. The van der Waals surface area contributed by atoms with Crippen LogP contribution in [0.15, 0.2) is 36.4 Å². The Morgan fingerprint density at radius 3 is 2.18 bits per heavy atom. The Hall–Kier alpha value is -2.93. The van der Waals surface area contributed by atoms with Gasteiger partial charge in [-0.15, -0.1) is 0 Å². The summed E-state index contributed by atoms with van der Waals surface area (Å²) >= 11 is 0. The van der Waals surface area contributed by atoms with Crippen LogP contribution in [0.3, 0.4) is 0 Å². The summed E-state index contributed by atoms with van der Waals surface area (Å²) in [4.78, 5) is 14.8. The van der Waals surface area contributed by atoms with Crippen molar-refractivity contribution in [2.24, 2.45) is 5.92 Å². The molecule has 7 nitrogen and oxygen atoms in total. The highest BCUT2D eigenvalue weighted by Gasteiger charge is 2.21. The number of ether oxygens (including phenoxy) is 4. The maximum Gasteiger partial charge on any atom is 0.238 e. The Balaban J connectivity index is 1.43. The molecule has 0 atom stereocenters. The number of likely N-dealkylation sites (tertiary alicyclic amines) is 1. The summed E-state index contributed by atoms with van der Waals surface area (Å²) in [5.41, 5.74) is 1.98. The number of aryl methyl sites for hydroxylation is 1. The van der Waals surface area contributed by atoms with E-state index >= 15 is 0 Å². The van der Waals surface area contributed by atoms with Crippen LogP contribution >= 0.6 is 0 Å². The van der Waals surface area contributed by atoms with Gasteiger partial charge in [0.2, 0.25) is 11.7 Å². The molecule has 0 bridgehead atoms. The highest BCUT2D eigenvalue weighted by atomic mass is 16.5. The third kappa shape index (κ3) is 7.02. The number of rotatable bonds is 11. The third-order valence-corrected chi connectivity index (χ3v) is 6.10. The van der Waals surface area contributed by atoms with Crippen LogP contribution in [0.25, 0.3) is 0 Å². The summed E-state index contributed by atoms with van der Waals surface area (Å²) in [6.45, 7) is 4.95. The molecule has 3 rings (SSSR count). The number of benzene rings is 2. The van der Waals surface area contributed by atoms with E-state index in [2.05, 4.69) is 22.3 Å². The van der Waals surface area contributed by atoms with E-state index in [1.165, 1.54) is 12.0 Å². The number of carbonyl (C=O) groups is 1. The van der Waals surface area contributed by atoms with Gasteiger partial charge in [-0.1, -0.05) is 12.1 Å². The Morgan fingerprint density at radius 2 is 1.64 bits per heavy atom. The van der Waals surface area contributed by atoms with E-state index in [4.69, 9.17) is 18.9 Å². The first kappa shape index (κ1) is 24.7. The third-order valence-electron chi connectivity index (χ3n) is 6.10. The molecule has 1 heterocycles. The lowest BCUT2D eigenvalue weighted by Gasteiger charge is -2.31. The van der Waals surface area contributed by atoms with E-state index in [-0.39, 0.29) is 5.91 Å². The van der Waals surface area contributed by atoms with Crippen LogP contribution in [0.4, 0.5) is 5.69 Å². The number of anilines is 1. The van der Waals surface area contributed by atoms with E-state index < -0.39 is 0 Å². The van der Waals surface area contributed by atoms with Crippen molar-refractivity contribution in [3.8, 4) is 23.0 Å². The summed E-state index contributed by atoms with van der Waals surface area (Å²) in [5.74, 6) is 3.12. The highest BCUT2D eigenvalue weighted by molar-refractivity contribution is 5.93. The predicted molar refractivity (Wildman–Crippen MR) is 130 cm³/mol. The van der Waals surface area contributed by atoms with Gasteiger partial charge in [-0.05, 0) is 69.3 Å². The number of hydrogen-bond acceptors (Lipinski definition) is 6. The molecule has 1 amide bonds. The summed E-state index contributed by atoms with van der Waals surface area (Å²) in [6.07, 6.45) is 4.50. The van der Waals surface area contributed by atoms with Gasteiger partial charge in [0.05, 0.1) is 34.5 Å². The first-order valence-corrected chi connectivity index (χ1v) is 11.6. The molecule has 1 N–H and O–H groups in total. The molecule has 1 fully saturated rings. The minimum atomic E-state index is -0.0443. The molecule has 0 aliphatic carbocycles. The second-order valence-electron chi connectivity index (χ2n) is 8.30. The normalized spacial score (nSPS) is 14.5. The van der Waals surface area contributed by atoms with Gasteiger partial charge >= 0.3 is 0 Å². The van der Waals surface area contributed by atoms with Crippen molar-refractivity contribution in [2.45, 2.75) is 32.6 Å². The number of methoxy groups -OCH3 is 3. The zero-order chi connectivity index (χ0) is 23.6. The van der Waals surface area contributed by atoms with E-state index in [1.807, 2.05) is 19.1 Å². The van der Waals surface area contributed by atoms with Gasteiger partial charge in [0.15, 0.2) is 11.5 Å². The van der Waals surface area contributed by atoms with Crippen molar-refractivity contribution in [3.05, 3.63) is 42.0 Å². The van der Waals surface area contributed by atoms with Crippen LogP contribution in [0, 0.1) is 5.92 Å². The SMILES string of the molecule is CCOc1ccc(CCC2CCN(CC(=O)Nc3cc(OC)c(OC)c(OC)c3)CC2)cc1. The Morgan fingerprint density at radius 1 is 1.00 bits per heavy atom. The molecule has 1 aliphatic rings. The molecular weight excluding hydrogens is 420 g/mol. The van der Waals surface area contributed by atoms with Crippen molar-refractivity contribution < 1.29 is 23.7 Å². The molecule has 0 aromatic heterocycles. The molecule has 2 aromatic carbocycles.